The highest BCUT2D eigenvalue weighted by molar-refractivity contribution is 7.89. The molecule has 152 valence electrons. The first-order chi connectivity index (χ1) is 13.5. The molecular weight excluding hydrogens is 396 g/mol. The number of thiophene rings is 1. The zero-order chi connectivity index (χ0) is 20.0. The second-order valence-electron chi connectivity index (χ2n) is 6.69. The smallest absolute Gasteiger partial charge is 0.244 e. The van der Waals surface area contributed by atoms with Gasteiger partial charge in [-0.05, 0) is 43.3 Å². The van der Waals surface area contributed by atoms with Crippen LogP contribution in [0, 0.1) is 0 Å². The number of aromatic nitrogens is 1. The highest BCUT2D eigenvalue weighted by Crippen LogP contribution is 2.21. The maximum absolute atomic E-state index is 12.7. The molecule has 3 rings (SSSR count). The molecule has 9 heteroatoms. The molecule has 0 aromatic carbocycles. The van der Waals surface area contributed by atoms with Crippen molar-refractivity contribution in [3.8, 4) is 0 Å². The van der Waals surface area contributed by atoms with Crippen molar-refractivity contribution >= 4 is 33.1 Å². The van der Waals surface area contributed by atoms with Gasteiger partial charge in [0.1, 0.15) is 10.7 Å². The van der Waals surface area contributed by atoms with Gasteiger partial charge in [0.05, 0.1) is 13.1 Å². The van der Waals surface area contributed by atoms with Crippen molar-refractivity contribution in [1.29, 1.82) is 0 Å². The zero-order valence-electron chi connectivity index (χ0n) is 16.0. The van der Waals surface area contributed by atoms with Gasteiger partial charge in [-0.3, -0.25) is 4.79 Å². The molecule has 2 aromatic heterocycles. The van der Waals surface area contributed by atoms with Gasteiger partial charge in [-0.25, -0.2) is 13.4 Å². The third-order valence-electron chi connectivity index (χ3n) is 4.75. The molecule has 0 bridgehead atoms. The number of piperidine rings is 1. The molecule has 1 aliphatic heterocycles. The van der Waals surface area contributed by atoms with E-state index in [2.05, 4.69) is 10.3 Å². The van der Waals surface area contributed by atoms with Crippen LogP contribution >= 0.6 is 11.3 Å². The zero-order valence-corrected chi connectivity index (χ0v) is 17.6. The van der Waals surface area contributed by atoms with E-state index in [0.717, 1.165) is 24.1 Å². The molecule has 0 atom stereocenters. The van der Waals surface area contributed by atoms with E-state index < -0.39 is 10.0 Å². The van der Waals surface area contributed by atoms with E-state index >= 15 is 0 Å². The first-order valence-electron chi connectivity index (χ1n) is 9.51. The average molecular weight is 423 g/mol. The van der Waals surface area contributed by atoms with Crippen LogP contribution in [0.2, 0.25) is 0 Å². The monoisotopic (exact) mass is 422 g/mol. The van der Waals surface area contributed by atoms with E-state index in [0.29, 0.717) is 32.0 Å². The van der Waals surface area contributed by atoms with Crippen LogP contribution in [0.3, 0.4) is 0 Å². The van der Waals surface area contributed by atoms with Crippen molar-refractivity contribution in [1.82, 2.24) is 14.6 Å². The summed E-state index contributed by atoms with van der Waals surface area (Å²) in [5, 5.41) is 4.87. The van der Waals surface area contributed by atoms with Crippen molar-refractivity contribution in [2.24, 2.45) is 0 Å². The second kappa shape index (κ2) is 9.49. The van der Waals surface area contributed by atoms with Crippen LogP contribution in [-0.4, -0.2) is 49.8 Å². The Morgan fingerprint density at radius 1 is 1.25 bits per heavy atom. The maximum Gasteiger partial charge on any atom is 0.244 e. The predicted molar refractivity (Wildman–Crippen MR) is 111 cm³/mol. The Balaban J connectivity index is 1.62. The van der Waals surface area contributed by atoms with Gasteiger partial charge in [-0.15, -0.1) is 11.3 Å². The standard InChI is InChI=1S/C19H26N4O3S2/c1-2-22(15-19(24)21-13-16-7-6-12-27-16)18-9-8-17(14-20-18)28(25,26)23-10-4-3-5-11-23/h6-9,12,14H,2-5,10-11,13,15H2,1H3,(H,21,24). The third kappa shape index (κ3) is 5.09. The van der Waals surface area contributed by atoms with Crippen molar-refractivity contribution in [3.63, 3.8) is 0 Å². The molecule has 3 heterocycles. The van der Waals surface area contributed by atoms with Gasteiger partial charge in [0.2, 0.25) is 15.9 Å². The minimum atomic E-state index is -3.49. The summed E-state index contributed by atoms with van der Waals surface area (Å²) in [6.07, 6.45) is 4.26. The molecule has 2 aromatic rings. The fourth-order valence-electron chi connectivity index (χ4n) is 3.15. The fraction of sp³-hybridized carbons (Fsp3) is 0.474. The number of hydrogen-bond donors (Lipinski definition) is 1. The van der Waals surface area contributed by atoms with Gasteiger partial charge >= 0.3 is 0 Å². The predicted octanol–water partition coefficient (Wildman–Crippen LogP) is 2.46. The van der Waals surface area contributed by atoms with E-state index in [4.69, 9.17) is 0 Å². The van der Waals surface area contributed by atoms with Crippen molar-refractivity contribution in [2.75, 3.05) is 31.1 Å². The molecule has 1 fully saturated rings. The molecule has 1 N–H and O–H groups in total. The molecular formula is C19H26N4O3S2. The lowest BCUT2D eigenvalue weighted by atomic mass is 10.2. The van der Waals surface area contributed by atoms with Gasteiger partial charge in [-0.1, -0.05) is 12.5 Å². The number of pyridine rings is 1. The van der Waals surface area contributed by atoms with Gasteiger partial charge in [0, 0.05) is 30.7 Å². The van der Waals surface area contributed by atoms with E-state index in [-0.39, 0.29) is 17.3 Å². The van der Waals surface area contributed by atoms with Crippen molar-refractivity contribution < 1.29 is 13.2 Å². The largest absolute Gasteiger partial charge is 0.350 e. The molecule has 0 saturated carbocycles. The topological polar surface area (TPSA) is 82.6 Å². The number of carbonyl (C=O) groups is 1. The number of sulfonamides is 1. The molecule has 0 unspecified atom stereocenters. The van der Waals surface area contributed by atoms with Crippen LogP contribution < -0.4 is 10.2 Å². The number of hydrogen-bond acceptors (Lipinski definition) is 6. The van der Waals surface area contributed by atoms with Crippen LogP contribution in [0.5, 0.6) is 0 Å². The number of nitrogens with zero attached hydrogens (tertiary/aromatic N) is 3. The first-order valence-corrected chi connectivity index (χ1v) is 11.8. The molecule has 1 amide bonds. The lowest BCUT2D eigenvalue weighted by Gasteiger charge is -2.26. The summed E-state index contributed by atoms with van der Waals surface area (Å²) in [6, 6.07) is 7.19. The summed E-state index contributed by atoms with van der Waals surface area (Å²) in [7, 11) is -3.49. The van der Waals surface area contributed by atoms with Crippen LogP contribution in [0.4, 0.5) is 5.82 Å². The Morgan fingerprint density at radius 2 is 2.04 bits per heavy atom. The summed E-state index contributed by atoms with van der Waals surface area (Å²) < 4.78 is 27.0. The van der Waals surface area contributed by atoms with E-state index in [1.54, 1.807) is 23.5 Å². The van der Waals surface area contributed by atoms with Crippen LogP contribution in [0.1, 0.15) is 31.1 Å². The van der Waals surface area contributed by atoms with Gasteiger partial charge in [0.15, 0.2) is 0 Å². The lowest BCUT2D eigenvalue weighted by molar-refractivity contribution is -0.119. The quantitative estimate of drug-likeness (QED) is 0.707. The van der Waals surface area contributed by atoms with Gasteiger partial charge < -0.3 is 10.2 Å². The number of amides is 1. The summed E-state index contributed by atoms with van der Waals surface area (Å²) in [5.74, 6) is 0.494. The summed E-state index contributed by atoms with van der Waals surface area (Å²) >= 11 is 1.60. The van der Waals surface area contributed by atoms with Crippen molar-refractivity contribution in [2.45, 2.75) is 37.6 Å². The number of carbonyl (C=O) groups excluding carboxylic acids is 1. The molecule has 0 aliphatic carbocycles. The molecule has 1 saturated heterocycles. The fourth-order valence-corrected chi connectivity index (χ4v) is 5.26. The van der Waals surface area contributed by atoms with Gasteiger partial charge in [-0.2, -0.15) is 4.31 Å². The van der Waals surface area contributed by atoms with E-state index in [9.17, 15) is 13.2 Å². The minimum Gasteiger partial charge on any atom is -0.350 e. The van der Waals surface area contributed by atoms with Gasteiger partial charge in [0.25, 0.3) is 0 Å². The highest BCUT2D eigenvalue weighted by atomic mass is 32.2. The normalized spacial score (nSPS) is 15.3. The number of nitrogens with one attached hydrogen (secondary N) is 1. The third-order valence-corrected chi connectivity index (χ3v) is 7.51. The summed E-state index contributed by atoms with van der Waals surface area (Å²) in [4.78, 5) is 19.7. The number of rotatable bonds is 8. The Kier molecular flexibility index (Phi) is 7.03. The minimum absolute atomic E-state index is 0.0953. The first kappa shape index (κ1) is 20.8. The molecule has 7 nitrogen and oxygen atoms in total. The molecule has 28 heavy (non-hydrogen) atoms. The summed E-state index contributed by atoms with van der Waals surface area (Å²) in [6.45, 7) is 4.34. The number of likely N-dealkylation sites (N-methyl/N-ethyl adjacent to an activating group) is 1. The van der Waals surface area contributed by atoms with E-state index in [1.165, 1.54) is 10.5 Å². The summed E-state index contributed by atoms with van der Waals surface area (Å²) in [5.41, 5.74) is 0. The Hall–Kier alpha value is -1.97. The SMILES string of the molecule is CCN(CC(=O)NCc1cccs1)c1ccc(S(=O)(=O)N2CCCCC2)cn1. The lowest BCUT2D eigenvalue weighted by Crippen LogP contribution is -2.37. The Labute approximate surface area is 170 Å². The molecule has 1 aliphatic rings. The molecule has 0 spiro atoms. The van der Waals surface area contributed by atoms with E-state index in [1.807, 2.05) is 29.3 Å². The van der Waals surface area contributed by atoms with Crippen LogP contribution in [0.25, 0.3) is 0 Å². The van der Waals surface area contributed by atoms with Crippen molar-refractivity contribution in [3.05, 3.63) is 40.7 Å². The average Bonchev–Trinajstić information content (AvgIpc) is 3.25. The van der Waals surface area contributed by atoms with Crippen LogP contribution in [-0.2, 0) is 21.4 Å². The maximum atomic E-state index is 12.7. The Morgan fingerprint density at radius 3 is 2.64 bits per heavy atom. The number of anilines is 1. The molecule has 0 radical (unpaired) electrons. The highest BCUT2D eigenvalue weighted by Gasteiger charge is 2.26. The van der Waals surface area contributed by atoms with Crippen LogP contribution in [0.15, 0.2) is 40.7 Å². The second-order valence-corrected chi connectivity index (χ2v) is 9.66. The Bertz CT molecular complexity index is 861.